The van der Waals surface area contributed by atoms with Crippen molar-refractivity contribution in [1.82, 2.24) is 29.6 Å². The SMILES string of the molecule is Cn1c(=O)[nH]cc(C(=O)N2CCC(c3nc(-c4ccncc4)no3)(C(F)(F)F)C2)c1=O. The van der Waals surface area contributed by atoms with Crippen molar-refractivity contribution in [2.75, 3.05) is 13.1 Å². The number of aromatic nitrogens is 5. The number of pyridine rings is 1. The van der Waals surface area contributed by atoms with Crippen LogP contribution in [0.25, 0.3) is 11.4 Å². The summed E-state index contributed by atoms with van der Waals surface area (Å²) >= 11 is 0. The van der Waals surface area contributed by atoms with Crippen molar-refractivity contribution in [1.29, 1.82) is 0 Å². The van der Waals surface area contributed by atoms with Gasteiger partial charge in [0.1, 0.15) is 5.56 Å². The molecule has 1 amide bonds. The Hall–Kier alpha value is -3.77. The van der Waals surface area contributed by atoms with Crippen molar-refractivity contribution in [3.63, 3.8) is 0 Å². The van der Waals surface area contributed by atoms with E-state index in [0.717, 1.165) is 18.1 Å². The maximum Gasteiger partial charge on any atom is 0.405 e. The van der Waals surface area contributed by atoms with Crippen LogP contribution in [0.2, 0.25) is 0 Å². The minimum Gasteiger partial charge on any atom is -0.338 e. The van der Waals surface area contributed by atoms with Gasteiger partial charge in [0.15, 0.2) is 5.41 Å². The number of H-pyrrole nitrogens is 1. The Bertz CT molecular complexity index is 1250. The van der Waals surface area contributed by atoms with E-state index in [1.165, 1.54) is 24.5 Å². The van der Waals surface area contributed by atoms with Crippen molar-refractivity contribution in [2.45, 2.75) is 18.0 Å². The standard InChI is InChI=1S/C18H15F3N6O4/c1-26-13(28)11(8-23-16(26)30)14(29)27-7-4-17(9-27,18(19,20)21)15-24-12(25-31-15)10-2-5-22-6-3-10/h2-3,5-6,8H,4,7,9H2,1H3,(H,23,30). The van der Waals surface area contributed by atoms with Crippen molar-refractivity contribution >= 4 is 5.91 Å². The number of hydrogen-bond acceptors (Lipinski definition) is 7. The number of rotatable bonds is 3. The molecule has 0 spiro atoms. The third kappa shape index (κ3) is 3.31. The molecule has 3 aromatic rings. The molecule has 162 valence electrons. The predicted molar refractivity (Wildman–Crippen MR) is 98.1 cm³/mol. The number of halogens is 3. The maximum atomic E-state index is 14.2. The molecular formula is C18H15F3N6O4. The normalized spacial score (nSPS) is 19.0. The Kier molecular flexibility index (Phi) is 4.75. The van der Waals surface area contributed by atoms with E-state index in [2.05, 4.69) is 20.1 Å². The molecule has 1 aliphatic rings. The van der Waals surface area contributed by atoms with Gasteiger partial charge in [-0.3, -0.25) is 19.1 Å². The topological polar surface area (TPSA) is 127 Å². The molecule has 3 aromatic heterocycles. The molecule has 4 heterocycles. The Balaban J connectivity index is 1.69. The second-order valence-corrected chi connectivity index (χ2v) is 7.09. The number of likely N-dealkylation sites (tertiary alicyclic amines) is 1. The number of carbonyl (C=O) groups is 1. The number of amides is 1. The lowest BCUT2D eigenvalue weighted by Crippen LogP contribution is -2.47. The smallest absolute Gasteiger partial charge is 0.338 e. The van der Waals surface area contributed by atoms with Gasteiger partial charge in [0.05, 0.1) is 0 Å². The largest absolute Gasteiger partial charge is 0.405 e. The third-order valence-corrected chi connectivity index (χ3v) is 5.28. The summed E-state index contributed by atoms with van der Waals surface area (Å²) in [5.74, 6) is -1.64. The van der Waals surface area contributed by atoms with E-state index in [0.29, 0.717) is 10.1 Å². The van der Waals surface area contributed by atoms with Crippen LogP contribution in [0.1, 0.15) is 22.7 Å². The minimum atomic E-state index is -4.81. The molecule has 0 saturated carbocycles. The monoisotopic (exact) mass is 436 g/mol. The van der Waals surface area contributed by atoms with Gasteiger partial charge in [-0.05, 0) is 18.6 Å². The number of alkyl halides is 3. The molecular weight excluding hydrogens is 421 g/mol. The van der Waals surface area contributed by atoms with E-state index < -0.39 is 53.2 Å². The molecule has 0 aromatic carbocycles. The van der Waals surface area contributed by atoms with Gasteiger partial charge in [-0.2, -0.15) is 18.2 Å². The van der Waals surface area contributed by atoms with Gasteiger partial charge in [-0.15, -0.1) is 0 Å². The fourth-order valence-corrected chi connectivity index (χ4v) is 3.44. The first-order valence-corrected chi connectivity index (χ1v) is 9.03. The Morgan fingerprint density at radius 3 is 2.65 bits per heavy atom. The van der Waals surface area contributed by atoms with Crippen LogP contribution >= 0.6 is 0 Å². The molecule has 1 atom stereocenters. The summed E-state index contributed by atoms with van der Waals surface area (Å²) in [4.78, 5) is 47.3. The van der Waals surface area contributed by atoms with Crippen LogP contribution in [0.4, 0.5) is 13.2 Å². The van der Waals surface area contributed by atoms with E-state index in [4.69, 9.17) is 4.52 Å². The first-order chi connectivity index (χ1) is 14.6. The van der Waals surface area contributed by atoms with Gasteiger partial charge in [0, 0.05) is 44.3 Å². The van der Waals surface area contributed by atoms with Gasteiger partial charge in [-0.1, -0.05) is 5.16 Å². The molecule has 1 unspecified atom stereocenters. The highest BCUT2D eigenvalue weighted by atomic mass is 19.4. The zero-order valence-corrected chi connectivity index (χ0v) is 16.0. The summed E-state index contributed by atoms with van der Waals surface area (Å²) in [6.07, 6.45) is -1.56. The lowest BCUT2D eigenvalue weighted by Gasteiger charge is -2.27. The first-order valence-electron chi connectivity index (χ1n) is 9.03. The van der Waals surface area contributed by atoms with E-state index >= 15 is 0 Å². The summed E-state index contributed by atoms with van der Waals surface area (Å²) in [5, 5.41) is 3.64. The highest BCUT2D eigenvalue weighted by molar-refractivity contribution is 5.93. The molecule has 0 aliphatic carbocycles. The van der Waals surface area contributed by atoms with Crippen molar-refractivity contribution in [3.05, 3.63) is 63.0 Å². The summed E-state index contributed by atoms with van der Waals surface area (Å²) in [7, 11) is 1.15. The molecule has 10 nitrogen and oxygen atoms in total. The average Bonchev–Trinajstić information content (AvgIpc) is 3.40. The van der Waals surface area contributed by atoms with Crippen LogP contribution in [0.3, 0.4) is 0 Å². The fraction of sp³-hybridized carbons (Fsp3) is 0.333. The van der Waals surface area contributed by atoms with E-state index in [1.807, 2.05) is 0 Å². The highest BCUT2D eigenvalue weighted by Gasteiger charge is 2.63. The lowest BCUT2D eigenvalue weighted by atomic mass is 9.86. The lowest BCUT2D eigenvalue weighted by molar-refractivity contribution is -0.193. The number of nitrogens with zero attached hydrogens (tertiary/aromatic N) is 5. The van der Waals surface area contributed by atoms with Crippen LogP contribution in [-0.2, 0) is 12.5 Å². The Labute approximate surface area is 171 Å². The van der Waals surface area contributed by atoms with Gasteiger partial charge in [-0.25, -0.2) is 4.79 Å². The zero-order chi connectivity index (χ0) is 22.4. The molecule has 1 N–H and O–H groups in total. The van der Waals surface area contributed by atoms with E-state index in [-0.39, 0.29) is 12.4 Å². The van der Waals surface area contributed by atoms with Crippen LogP contribution in [0, 0.1) is 0 Å². The zero-order valence-electron chi connectivity index (χ0n) is 16.0. The summed E-state index contributed by atoms with van der Waals surface area (Å²) in [6.45, 7) is -1.11. The van der Waals surface area contributed by atoms with Gasteiger partial charge in [0.2, 0.25) is 11.7 Å². The molecule has 13 heteroatoms. The van der Waals surface area contributed by atoms with Crippen molar-refractivity contribution in [3.8, 4) is 11.4 Å². The van der Waals surface area contributed by atoms with Crippen LogP contribution in [0.5, 0.6) is 0 Å². The van der Waals surface area contributed by atoms with E-state index in [1.54, 1.807) is 0 Å². The van der Waals surface area contributed by atoms with Crippen LogP contribution < -0.4 is 11.2 Å². The predicted octanol–water partition coefficient (Wildman–Crippen LogP) is 0.865. The quantitative estimate of drug-likeness (QED) is 0.645. The molecule has 4 rings (SSSR count). The van der Waals surface area contributed by atoms with Gasteiger partial charge >= 0.3 is 11.9 Å². The van der Waals surface area contributed by atoms with Crippen LogP contribution in [0.15, 0.2) is 44.8 Å². The number of aromatic amines is 1. The van der Waals surface area contributed by atoms with Crippen molar-refractivity contribution < 1.29 is 22.5 Å². The second-order valence-electron chi connectivity index (χ2n) is 7.09. The molecule has 0 bridgehead atoms. The second kappa shape index (κ2) is 7.18. The highest BCUT2D eigenvalue weighted by Crippen LogP contribution is 2.47. The number of hydrogen-bond donors (Lipinski definition) is 1. The summed E-state index contributed by atoms with van der Waals surface area (Å²) < 4.78 is 48.1. The van der Waals surface area contributed by atoms with Gasteiger partial charge in [0.25, 0.3) is 11.5 Å². The Morgan fingerprint density at radius 2 is 1.97 bits per heavy atom. The van der Waals surface area contributed by atoms with E-state index in [9.17, 15) is 27.6 Å². The third-order valence-electron chi connectivity index (χ3n) is 5.28. The van der Waals surface area contributed by atoms with Crippen molar-refractivity contribution in [2.24, 2.45) is 7.05 Å². The first kappa shape index (κ1) is 20.5. The average molecular weight is 436 g/mol. The number of nitrogens with one attached hydrogen (secondary N) is 1. The molecule has 1 saturated heterocycles. The molecule has 1 aliphatic heterocycles. The number of carbonyl (C=O) groups excluding carboxylic acids is 1. The van der Waals surface area contributed by atoms with Gasteiger partial charge < -0.3 is 14.4 Å². The molecule has 1 fully saturated rings. The maximum absolute atomic E-state index is 14.2. The molecule has 0 radical (unpaired) electrons. The molecule has 31 heavy (non-hydrogen) atoms. The summed E-state index contributed by atoms with van der Waals surface area (Å²) in [5.41, 5.74) is -4.26. The fourth-order valence-electron chi connectivity index (χ4n) is 3.44. The Morgan fingerprint density at radius 1 is 1.26 bits per heavy atom. The van der Waals surface area contributed by atoms with Crippen LogP contribution in [-0.4, -0.2) is 54.7 Å². The minimum absolute atomic E-state index is 0.0414. The summed E-state index contributed by atoms with van der Waals surface area (Å²) in [6, 6.07) is 3.04.